The van der Waals surface area contributed by atoms with Crippen LogP contribution < -0.4 is 5.32 Å². The van der Waals surface area contributed by atoms with Gasteiger partial charge in [-0.15, -0.1) is 0 Å². The summed E-state index contributed by atoms with van der Waals surface area (Å²) in [7, 11) is -0.876. The molecule has 1 aliphatic heterocycles. The molecule has 0 aromatic heterocycles. The Morgan fingerprint density at radius 2 is 2.00 bits per heavy atom. The number of nitrogens with one attached hydrogen (secondary N) is 1. The van der Waals surface area contributed by atoms with Crippen molar-refractivity contribution in [2.75, 3.05) is 19.3 Å². The van der Waals surface area contributed by atoms with Crippen LogP contribution in [-0.4, -0.2) is 51.6 Å². The van der Waals surface area contributed by atoms with Gasteiger partial charge in [0.05, 0.1) is 0 Å². The fraction of sp³-hybridized carbons (Fsp3) is 0.857. The van der Waals surface area contributed by atoms with Crippen molar-refractivity contribution < 1.29 is 13.8 Å². The second-order valence-corrected chi connectivity index (χ2v) is 7.72. The molecule has 1 fully saturated rings. The van der Waals surface area contributed by atoms with Crippen LogP contribution in [0.4, 0.5) is 0 Å². The Kier molecular flexibility index (Phi) is 6.65. The smallest absolute Gasteiger partial charge is 0.245 e. The van der Waals surface area contributed by atoms with Crippen molar-refractivity contribution in [1.82, 2.24) is 10.2 Å². The molecule has 0 bridgehead atoms. The zero-order valence-corrected chi connectivity index (χ0v) is 13.7. The van der Waals surface area contributed by atoms with E-state index in [0.717, 1.165) is 0 Å². The minimum absolute atomic E-state index is 0.00126. The first-order chi connectivity index (χ1) is 9.31. The molecule has 116 valence electrons. The van der Waals surface area contributed by atoms with Crippen molar-refractivity contribution in [1.29, 1.82) is 0 Å². The van der Waals surface area contributed by atoms with E-state index in [1.165, 1.54) is 0 Å². The predicted molar refractivity (Wildman–Crippen MR) is 80.7 cm³/mol. The third kappa shape index (κ3) is 5.23. The lowest BCUT2D eigenvalue weighted by atomic mass is 10.0. The monoisotopic (exact) mass is 302 g/mol. The normalized spacial score (nSPS) is 23.4. The Morgan fingerprint density at radius 3 is 2.55 bits per heavy atom. The lowest BCUT2D eigenvalue weighted by Gasteiger charge is -2.25. The molecule has 3 atom stereocenters. The summed E-state index contributed by atoms with van der Waals surface area (Å²) in [6.45, 7) is 7.03. The number of carbonyl (C=O) groups is 2. The van der Waals surface area contributed by atoms with E-state index < -0.39 is 16.8 Å². The molecule has 2 amide bonds. The Labute approximate surface area is 123 Å². The molecule has 6 heteroatoms. The second kappa shape index (κ2) is 7.76. The van der Waals surface area contributed by atoms with Crippen LogP contribution in [0.2, 0.25) is 0 Å². The summed E-state index contributed by atoms with van der Waals surface area (Å²) in [5.74, 6) is 0.295. The topological polar surface area (TPSA) is 66.5 Å². The molecule has 20 heavy (non-hydrogen) atoms. The fourth-order valence-corrected chi connectivity index (χ4v) is 2.69. The van der Waals surface area contributed by atoms with Crippen LogP contribution in [0.3, 0.4) is 0 Å². The van der Waals surface area contributed by atoms with Crippen LogP contribution >= 0.6 is 0 Å². The van der Waals surface area contributed by atoms with E-state index in [1.807, 2.05) is 20.8 Å². The van der Waals surface area contributed by atoms with Crippen molar-refractivity contribution in [2.24, 2.45) is 5.92 Å². The van der Waals surface area contributed by atoms with Crippen LogP contribution in [0, 0.1) is 5.92 Å². The van der Waals surface area contributed by atoms with E-state index >= 15 is 0 Å². The van der Waals surface area contributed by atoms with Gasteiger partial charge in [-0.05, 0) is 18.8 Å². The molecule has 1 rings (SSSR count). The molecule has 0 spiro atoms. The SMILES string of the molecule is CC(C)CC1NC(=O)CCN(CCC(C)S(C)=O)C1=O. The van der Waals surface area contributed by atoms with Gasteiger partial charge in [-0.3, -0.25) is 13.8 Å². The van der Waals surface area contributed by atoms with Gasteiger partial charge in [-0.1, -0.05) is 20.8 Å². The van der Waals surface area contributed by atoms with Gasteiger partial charge >= 0.3 is 0 Å². The molecular formula is C14H26N2O3S. The van der Waals surface area contributed by atoms with Gasteiger partial charge in [0.15, 0.2) is 0 Å². The van der Waals surface area contributed by atoms with Crippen molar-refractivity contribution in [3.8, 4) is 0 Å². The first-order valence-corrected chi connectivity index (χ1v) is 8.83. The zero-order valence-electron chi connectivity index (χ0n) is 12.8. The summed E-state index contributed by atoms with van der Waals surface area (Å²) in [6, 6.07) is -0.410. The highest BCUT2D eigenvalue weighted by atomic mass is 32.2. The van der Waals surface area contributed by atoms with Gasteiger partial charge in [0.1, 0.15) is 6.04 Å². The van der Waals surface area contributed by atoms with Gasteiger partial charge in [-0.25, -0.2) is 0 Å². The Balaban J connectivity index is 2.66. The van der Waals surface area contributed by atoms with Crippen LogP contribution in [0.5, 0.6) is 0 Å². The summed E-state index contributed by atoms with van der Waals surface area (Å²) in [5, 5.41) is 2.88. The minimum atomic E-state index is -0.876. The number of nitrogens with zero attached hydrogens (tertiary/aromatic N) is 1. The van der Waals surface area contributed by atoms with Crippen molar-refractivity contribution in [3.05, 3.63) is 0 Å². The Bertz CT molecular complexity index is 385. The maximum atomic E-state index is 12.4. The summed E-state index contributed by atoms with van der Waals surface area (Å²) >= 11 is 0. The van der Waals surface area contributed by atoms with Crippen molar-refractivity contribution >= 4 is 22.6 Å². The lowest BCUT2D eigenvalue weighted by Crippen LogP contribution is -2.46. The van der Waals surface area contributed by atoms with Gasteiger partial charge in [0, 0.05) is 41.8 Å². The molecule has 3 unspecified atom stereocenters. The van der Waals surface area contributed by atoms with E-state index in [4.69, 9.17) is 0 Å². The summed E-state index contributed by atoms with van der Waals surface area (Å²) in [4.78, 5) is 25.9. The Morgan fingerprint density at radius 1 is 1.35 bits per heavy atom. The average Bonchev–Trinajstić information content (AvgIpc) is 2.47. The number of hydrogen-bond acceptors (Lipinski definition) is 3. The standard InChI is InChI=1S/C14H26N2O3S/c1-10(2)9-12-14(18)16(8-6-13(17)15-12)7-5-11(3)20(4)19/h10-12H,5-9H2,1-4H3,(H,15,17). The molecule has 0 radical (unpaired) electrons. The molecule has 5 nitrogen and oxygen atoms in total. The summed E-state index contributed by atoms with van der Waals surface area (Å²) < 4.78 is 11.4. The quantitative estimate of drug-likeness (QED) is 0.793. The first-order valence-electron chi connectivity index (χ1n) is 7.21. The lowest BCUT2D eigenvalue weighted by molar-refractivity contribution is -0.134. The van der Waals surface area contributed by atoms with Crippen molar-refractivity contribution in [2.45, 2.75) is 51.3 Å². The van der Waals surface area contributed by atoms with Crippen LogP contribution in [0.25, 0.3) is 0 Å². The molecule has 1 heterocycles. The van der Waals surface area contributed by atoms with E-state index in [9.17, 15) is 13.8 Å². The maximum absolute atomic E-state index is 12.4. The van der Waals surface area contributed by atoms with Gasteiger partial charge in [0.2, 0.25) is 11.8 Å². The third-order valence-corrected chi connectivity index (χ3v) is 5.00. The highest BCUT2D eigenvalue weighted by molar-refractivity contribution is 7.84. The van der Waals surface area contributed by atoms with Crippen LogP contribution in [0.15, 0.2) is 0 Å². The van der Waals surface area contributed by atoms with Crippen molar-refractivity contribution in [3.63, 3.8) is 0 Å². The molecule has 0 aliphatic carbocycles. The summed E-state index contributed by atoms with van der Waals surface area (Å²) in [5.41, 5.74) is 0. The summed E-state index contributed by atoms with van der Waals surface area (Å²) in [6.07, 6.45) is 3.40. The van der Waals surface area contributed by atoms with E-state index in [-0.39, 0.29) is 17.1 Å². The molecule has 1 aliphatic rings. The molecular weight excluding hydrogens is 276 g/mol. The van der Waals surface area contributed by atoms with E-state index in [0.29, 0.717) is 38.3 Å². The number of carbonyl (C=O) groups excluding carboxylic acids is 2. The largest absolute Gasteiger partial charge is 0.344 e. The maximum Gasteiger partial charge on any atom is 0.245 e. The average molecular weight is 302 g/mol. The second-order valence-electron chi connectivity index (χ2n) is 5.92. The van der Waals surface area contributed by atoms with E-state index in [1.54, 1.807) is 11.2 Å². The van der Waals surface area contributed by atoms with Crippen LogP contribution in [0.1, 0.15) is 40.0 Å². The van der Waals surface area contributed by atoms with Crippen LogP contribution in [-0.2, 0) is 20.4 Å². The Hall–Kier alpha value is -0.910. The minimum Gasteiger partial charge on any atom is -0.344 e. The highest BCUT2D eigenvalue weighted by Gasteiger charge is 2.30. The van der Waals surface area contributed by atoms with E-state index in [2.05, 4.69) is 5.32 Å². The molecule has 1 N–H and O–H groups in total. The molecule has 0 aromatic carbocycles. The number of amides is 2. The molecule has 0 aromatic rings. The highest BCUT2D eigenvalue weighted by Crippen LogP contribution is 2.13. The molecule has 1 saturated heterocycles. The third-order valence-electron chi connectivity index (χ3n) is 3.63. The van der Waals surface area contributed by atoms with Gasteiger partial charge < -0.3 is 10.2 Å². The van der Waals surface area contributed by atoms with Gasteiger partial charge in [0.25, 0.3) is 0 Å². The predicted octanol–water partition coefficient (Wildman–Crippen LogP) is 0.907. The first kappa shape index (κ1) is 17.1. The van der Waals surface area contributed by atoms with Gasteiger partial charge in [-0.2, -0.15) is 0 Å². The number of hydrogen-bond donors (Lipinski definition) is 1. The number of rotatable bonds is 6. The molecule has 0 saturated carbocycles. The zero-order chi connectivity index (χ0) is 15.3. The fourth-order valence-electron chi connectivity index (χ4n) is 2.25.